The van der Waals surface area contributed by atoms with Gasteiger partial charge in [0, 0.05) is 11.8 Å². The van der Waals surface area contributed by atoms with E-state index in [4.69, 9.17) is 10.5 Å². The number of rotatable bonds is 8. The molecule has 0 saturated heterocycles. The van der Waals surface area contributed by atoms with Crippen molar-refractivity contribution in [2.75, 3.05) is 0 Å². The molecule has 5 N–H and O–H groups in total. The molecule has 3 nitrogen and oxygen atoms in total. The molecule has 116 valence electrons. The molecule has 0 aliphatic rings. The molecular weight excluding hydrogens is 236 g/mol. The molecule has 0 bridgehead atoms. The van der Waals surface area contributed by atoms with Gasteiger partial charge in [-0.15, -0.1) is 0 Å². The highest BCUT2D eigenvalue weighted by Gasteiger charge is 2.32. The predicted octanol–water partition coefficient (Wildman–Crippen LogP) is 2.65. The number of ether oxygens (including phenoxy) is 1. The lowest BCUT2D eigenvalue weighted by molar-refractivity contribution is -0.448. The largest absolute Gasteiger partial charge is 0.357 e. The van der Waals surface area contributed by atoms with Crippen LogP contribution in [0.4, 0.5) is 0 Å². The summed E-state index contributed by atoms with van der Waals surface area (Å²) in [4.78, 5) is 0. The molecule has 0 aliphatic carbocycles. The molecule has 0 aromatic rings. The second kappa shape index (κ2) is 7.61. The van der Waals surface area contributed by atoms with Gasteiger partial charge in [0.1, 0.15) is 6.23 Å². The number of nitrogens with two attached hydrogens (primary N) is 1. The Morgan fingerprint density at radius 3 is 1.84 bits per heavy atom. The zero-order valence-electron chi connectivity index (χ0n) is 14.4. The van der Waals surface area contributed by atoms with Gasteiger partial charge < -0.3 is 16.2 Å². The van der Waals surface area contributed by atoms with Gasteiger partial charge in [0.2, 0.25) is 0 Å². The molecule has 4 atom stereocenters. The van der Waals surface area contributed by atoms with Crippen LogP contribution in [0.15, 0.2) is 0 Å². The van der Waals surface area contributed by atoms with Crippen LogP contribution in [-0.4, -0.2) is 17.9 Å². The highest BCUT2D eigenvalue weighted by molar-refractivity contribution is 4.80. The highest BCUT2D eigenvalue weighted by Crippen LogP contribution is 2.27. The van der Waals surface area contributed by atoms with E-state index in [2.05, 4.69) is 61.1 Å². The Morgan fingerprint density at radius 2 is 1.47 bits per heavy atom. The molecule has 0 heterocycles. The zero-order valence-corrected chi connectivity index (χ0v) is 14.4. The zero-order chi connectivity index (χ0) is 15.4. The van der Waals surface area contributed by atoms with E-state index < -0.39 is 0 Å². The number of quaternary nitrogens is 1. The summed E-state index contributed by atoms with van der Waals surface area (Å²) in [5.74, 6) is 2.18. The van der Waals surface area contributed by atoms with Crippen molar-refractivity contribution in [2.24, 2.45) is 29.4 Å². The van der Waals surface area contributed by atoms with E-state index in [1.807, 2.05) is 0 Å². The molecule has 0 spiro atoms. The molecule has 0 rings (SSSR count). The summed E-state index contributed by atoms with van der Waals surface area (Å²) in [5, 5.41) is 0. The average Bonchev–Trinajstić information content (AvgIpc) is 2.25. The second-order valence-electron chi connectivity index (χ2n) is 7.53. The molecular formula is C16H37N2O+. The number of hydrogen-bond donors (Lipinski definition) is 2. The topological polar surface area (TPSA) is 62.9 Å². The van der Waals surface area contributed by atoms with Gasteiger partial charge in [-0.1, -0.05) is 41.5 Å². The maximum atomic E-state index is 6.02. The summed E-state index contributed by atoms with van der Waals surface area (Å²) in [7, 11) is 0. The van der Waals surface area contributed by atoms with Crippen LogP contribution in [-0.2, 0) is 4.74 Å². The Kier molecular flexibility index (Phi) is 7.56. The molecule has 0 aromatic carbocycles. The first-order valence-corrected chi connectivity index (χ1v) is 7.74. The summed E-state index contributed by atoms with van der Waals surface area (Å²) in [6.07, 6.45) is 0.812. The first kappa shape index (κ1) is 18.9. The predicted molar refractivity (Wildman–Crippen MR) is 82.4 cm³/mol. The Morgan fingerprint density at radius 1 is 1.00 bits per heavy atom. The highest BCUT2D eigenvalue weighted by atomic mass is 16.5. The van der Waals surface area contributed by atoms with Crippen molar-refractivity contribution in [2.45, 2.75) is 79.7 Å². The SMILES string of the molecule is CC(C)C(N)OC(C)(C)CC(C)C([NH3+])C(C)C(C)C. The van der Waals surface area contributed by atoms with Crippen molar-refractivity contribution in [3.05, 3.63) is 0 Å². The van der Waals surface area contributed by atoms with E-state index >= 15 is 0 Å². The van der Waals surface area contributed by atoms with Gasteiger partial charge in [-0.05, 0) is 32.1 Å². The monoisotopic (exact) mass is 273 g/mol. The van der Waals surface area contributed by atoms with Gasteiger partial charge in [-0.3, -0.25) is 0 Å². The summed E-state index contributed by atoms with van der Waals surface area (Å²) in [6, 6.07) is 0.457. The lowest BCUT2D eigenvalue weighted by atomic mass is 9.80. The molecule has 0 fully saturated rings. The lowest BCUT2D eigenvalue weighted by Gasteiger charge is -2.35. The van der Waals surface area contributed by atoms with E-state index in [-0.39, 0.29) is 11.8 Å². The van der Waals surface area contributed by atoms with E-state index in [0.717, 1.165) is 6.42 Å². The summed E-state index contributed by atoms with van der Waals surface area (Å²) in [5.41, 5.74) is 10.2. The fourth-order valence-electron chi connectivity index (χ4n) is 2.49. The van der Waals surface area contributed by atoms with Crippen LogP contribution in [0.5, 0.6) is 0 Å². The molecule has 19 heavy (non-hydrogen) atoms. The van der Waals surface area contributed by atoms with Crippen molar-refractivity contribution in [1.29, 1.82) is 0 Å². The average molecular weight is 273 g/mol. The molecule has 0 saturated carbocycles. The van der Waals surface area contributed by atoms with Crippen LogP contribution in [0.25, 0.3) is 0 Å². The van der Waals surface area contributed by atoms with E-state index in [1.165, 1.54) is 0 Å². The minimum Gasteiger partial charge on any atom is -0.357 e. The Hall–Kier alpha value is -0.120. The van der Waals surface area contributed by atoms with Crippen molar-refractivity contribution < 1.29 is 10.5 Å². The van der Waals surface area contributed by atoms with E-state index in [1.54, 1.807) is 0 Å². The molecule has 0 amide bonds. The lowest BCUT2D eigenvalue weighted by Crippen LogP contribution is -2.68. The van der Waals surface area contributed by atoms with Crippen molar-refractivity contribution in [3.8, 4) is 0 Å². The van der Waals surface area contributed by atoms with E-state index in [0.29, 0.717) is 29.7 Å². The number of hydrogen-bond acceptors (Lipinski definition) is 2. The van der Waals surface area contributed by atoms with Crippen LogP contribution >= 0.6 is 0 Å². The Balaban J connectivity index is 4.48. The van der Waals surface area contributed by atoms with Crippen molar-refractivity contribution in [1.82, 2.24) is 0 Å². The fourth-order valence-corrected chi connectivity index (χ4v) is 2.49. The maximum Gasteiger partial charge on any atom is 0.108 e. The molecule has 3 heteroatoms. The minimum atomic E-state index is -0.187. The summed E-state index contributed by atoms with van der Waals surface area (Å²) >= 11 is 0. The van der Waals surface area contributed by atoms with Crippen molar-refractivity contribution >= 4 is 0 Å². The minimum absolute atomic E-state index is 0.185. The molecule has 0 aromatic heterocycles. The van der Waals surface area contributed by atoms with Crippen molar-refractivity contribution in [3.63, 3.8) is 0 Å². The smallest absolute Gasteiger partial charge is 0.108 e. The van der Waals surface area contributed by atoms with Gasteiger partial charge in [0.25, 0.3) is 0 Å². The van der Waals surface area contributed by atoms with Gasteiger partial charge in [-0.2, -0.15) is 0 Å². The fraction of sp³-hybridized carbons (Fsp3) is 1.00. The van der Waals surface area contributed by atoms with Gasteiger partial charge in [0.05, 0.1) is 11.6 Å². The Labute approximate surface area is 120 Å². The maximum absolute atomic E-state index is 6.02. The van der Waals surface area contributed by atoms with Crippen LogP contribution in [0.3, 0.4) is 0 Å². The van der Waals surface area contributed by atoms with Crippen LogP contribution in [0, 0.1) is 23.7 Å². The van der Waals surface area contributed by atoms with Gasteiger partial charge >= 0.3 is 0 Å². The standard InChI is InChI=1S/C16H36N2O/c1-10(2)13(6)14(17)12(5)9-16(7,8)19-15(18)11(3)4/h10-15H,9,17-18H2,1-8H3/p+1. The van der Waals surface area contributed by atoms with Crippen LogP contribution in [0.1, 0.15) is 61.8 Å². The van der Waals surface area contributed by atoms with Gasteiger partial charge in [-0.25, -0.2) is 0 Å². The second-order valence-corrected chi connectivity index (χ2v) is 7.53. The first-order valence-electron chi connectivity index (χ1n) is 7.74. The third kappa shape index (κ3) is 6.73. The Bertz CT molecular complexity index is 251. The summed E-state index contributed by atoms with van der Waals surface area (Å²) < 4.78 is 6.01. The van der Waals surface area contributed by atoms with Crippen LogP contribution < -0.4 is 11.5 Å². The third-order valence-electron chi connectivity index (χ3n) is 4.38. The molecule has 0 radical (unpaired) electrons. The molecule has 0 aliphatic heterocycles. The third-order valence-corrected chi connectivity index (χ3v) is 4.38. The normalized spacial score (nSPS) is 19.6. The van der Waals surface area contributed by atoms with E-state index in [9.17, 15) is 0 Å². The first-order chi connectivity index (χ1) is 8.48. The quantitative estimate of drug-likeness (QED) is 0.668. The summed E-state index contributed by atoms with van der Waals surface area (Å²) in [6.45, 7) is 17.6. The van der Waals surface area contributed by atoms with Gasteiger partial charge in [0.15, 0.2) is 0 Å². The molecule has 4 unspecified atom stereocenters. The van der Waals surface area contributed by atoms with Crippen LogP contribution in [0.2, 0.25) is 0 Å².